The van der Waals surface area contributed by atoms with Crippen molar-refractivity contribution in [3.63, 3.8) is 0 Å². The predicted octanol–water partition coefficient (Wildman–Crippen LogP) is 3.62. The molecule has 1 aliphatic heterocycles. The van der Waals surface area contributed by atoms with Gasteiger partial charge < -0.3 is 20.3 Å². The van der Waals surface area contributed by atoms with Crippen LogP contribution in [0.4, 0.5) is 20.2 Å². The SMILES string of the molecule is O=C(NC[C@@H](C(=O)Nc1ccc(N2CCOCC2=O)cc1)N(CC(F)F)C1CCC1)c1ccc(Cl)s1. The topological polar surface area (TPSA) is 91.0 Å². The third kappa shape index (κ3) is 6.58. The normalized spacial score (nSPS) is 17.2. The Hall–Kier alpha value is -2.60. The molecular weight excluding hydrogens is 514 g/mol. The summed E-state index contributed by atoms with van der Waals surface area (Å²) < 4.78 is 32.5. The molecule has 1 aromatic heterocycles. The van der Waals surface area contributed by atoms with Gasteiger partial charge in [0.15, 0.2) is 0 Å². The van der Waals surface area contributed by atoms with Gasteiger partial charge in [-0.25, -0.2) is 8.78 Å². The minimum Gasteiger partial charge on any atom is -0.370 e. The maximum Gasteiger partial charge on any atom is 0.261 e. The molecule has 8 nitrogen and oxygen atoms in total. The van der Waals surface area contributed by atoms with Crippen LogP contribution in [0, 0.1) is 0 Å². The van der Waals surface area contributed by atoms with E-state index in [9.17, 15) is 23.2 Å². The fourth-order valence-corrected chi connectivity index (χ4v) is 5.18. The van der Waals surface area contributed by atoms with Gasteiger partial charge in [-0.2, -0.15) is 0 Å². The molecule has 4 rings (SSSR count). The number of nitrogens with one attached hydrogen (secondary N) is 2. The fraction of sp³-hybridized carbons (Fsp3) is 0.458. The van der Waals surface area contributed by atoms with Crippen molar-refractivity contribution in [2.24, 2.45) is 0 Å². The number of amides is 3. The molecule has 194 valence electrons. The Kier molecular flexibility index (Phi) is 8.89. The molecule has 2 fully saturated rings. The van der Waals surface area contributed by atoms with Crippen molar-refractivity contribution in [2.45, 2.75) is 37.8 Å². The number of ether oxygens (including phenoxy) is 1. The van der Waals surface area contributed by atoms with E-state index in [4.69, 9.17) is 16.3 Å². The number of carbonyl (C=O) groups is 3. The molecule has 2 heterocycles. The van der Waals surface area contributed by atoms with E-state index in [1.807, 2.05) is 0 Å². The number of thiophene rings is 1. The molecule has 36 heavy (non-hydrogen) atoms. The number of hydrogen-bond donors (Lipinski definition) is 2. The summed E-state index contributed by atoms with van der Waals surface area (Å²) in [5.74, 6) is -1.07. The van der Waals surface area contributed by atoms with Gasteiger partial charge in [0.05, 0.1) is 22.4 Å². The molecule has 2 aliphatic rings. The van der Waals surface area contributed by atoms with E-state index in [1.165, 1.54) is 4.90 Å². The molecule has 1 aliphatic carbocycles. The monoisotopic (exact) mass is 540 g/mol. The summed E-state index contributed by atoms with van der Waals surface area (Å²) in [5, 5.41) is 5.49. The van der Waals surface area contributed by atoms with Crippen LogP contribution < -0.4 is 15.5 Å². The van der Waals surface area contributed by atoms with Crippen molar-refractivity contribution >= 4 is 52.0 Å². The zero-order chi connectivity index (χ0) is 25.7. The van der Waals surface area contributed by atoms with E-state index >= 15 is 0 Å². The summed E-state index contributed by atoms with van der Waals surface area (Å²) in [6.07, 6.45) is -0.292. The largest absolute Gasteiger partial charge is 0.370 e. The molecule has 12 heteroatoms. The van der Waals surface area contributed by atoms with Gasteiger partial charge in [0, 0.05) is 30.5 Å². The number of carbonyl (C=O) groups excluding carboxylic acids is 3. The average molecular weight is 541 g/mol. The number of halogens is 3. The highest BCUT2D eigenvalue weighted by molar-refractivity contribution is 7.18. The standard InChI is InChI=1S/C24H27ClF2N4O4S/c25-20-9-8-19(36-20)24(34)28-12-18(31(13-21(26)27)16-2-1-3-16)23(33)29-15-4-6-17(7-5-15)30-10-11-35-14-22(30)32/h4-9,16,18,21H,1-3,10-14H2,(H,28,34)(H,29,33)/t18-/m0/s1. The van der Waals surface area contributed by atoms with Gasteiger partial charge in [0.2, 0.25) is 5.91 Å². The molecule has 2 aromatic rings. The molecule has 0 spiro atoms. The second-order valence-corrected chi connectivity index (χ2v) is 10.4. The van der Waals surface area contributed by atoms with Gasteiger partial charge in [-0.15, -0.1) is 11.3 Å². The second kappa shape index (κ2) is 12.1. The van der Waals surface area contributed by atoms with E-state index < -0.39 is 30.8 Å². The highest BCUT2D eigenvalue weighted by Crippen LogP contribution is 2.28. The van der Waals surface area contributed by atoms with Crippen molar-refractivity contribution in [3.8, 4) is 0 Å². The fourth-order valence-electron chi connectivity index (χ4n) is 4.22. The van der Waals surface area contributed by atoms with Gasteiger partial charge in [-0.05, 0) is 49.2 Å². The van der Waals surface area contributed by atoms with E-state index in [2.05, 4.69) is 10.6 Å². The highest BCUT2D eigenvalue weighted by Gasteiger charge is 2.36. The lowest BCUT2D eigenvalue weighted by Crippen LogP contribution is -2.57. The highest BCUT2D eigenvalue weighted by atomic mass is 35.5. The molecule has 0 radical (unpaired) electrons. The van der Waals surface area contributed by atoms with E-state index in [-0.39, 0.29) is 25.1 Å². The number of benzene rings is 1. The van der Waals surface area contributed by atoms with Crippen LogP contribution in [-0.2, 0) is 14.3 Å². The first-order valence-electron chi connectivity index (χ1n) is 11.7. The second-order valence-electron chi connectivity index (χ2n) is 8.64. The van der Waals surface area contributed by atoms with E-state index in [0.29, 0.717) is 46.6 Å². The third-order valence-electron chi connectivity index (χ3n) is 6.28. The Morgan fingerprint density at radius 2 is 1.94 bits per heavy atom. The molecule has 1 aromatic carbocycles. The maximum absolute atomic E-state index is 13.5. The summed E-state index contributed by atoms with van der Waals surface area (Å²) >= 11 is 7.00. The number of anilines is 2. The Balaban J connectivity index is 1.47. The summed E-state index contributed by atoms with van der Waals surface area (Å²) in [5.41, 5.74) is 1.13. The van der Waals surface area contributed by atoms with Crippen LogP contribution in [0.15, 0.2) is 36.4 Å². The molecule has 0 unspecified atom stereocenters. The van der Waals surface area contributed by atoms with Crippen LogP contribution in [0.1, 0.15) is 28.9 Å². The van der Waals surface area contributed by atoms with Crippen molar-refractivity contribution in [2.75, 3.05) is 43.1 Å². The zero-order valence-electron chi connectivity index (χ0n) is 19.4. The quantitative estimate of drug-likeness (QED) is 0.480. The summed E-state index contributed by atoms with van der Waals surface area (Å²) in [4.78, 5) is 41.4. The predicted molar refractivity (Wildman–Crippen MR) is 134 cm³/mol. The first kappa shape index (κ1) is 26.5. The Morgan fingerprint density at radius 3 is 2.53 bits per heavy atom. The summed E-state index contributed by atoms with van der Waals surface area (Å²) in [6, 6.07) is 8.73. The van der Waals surface area contributed by atoms with Crippen molar-refractivity contribution in [3.05, 3.63) is 45.6 Å². The van der Waals surface area contributed by atoms with Crippen molar-refractivity contribution in [1.29, 1.82) is 0 Å². The lowest BCUT2D eigenvalue weighted by molar-refractivity contribution is -0.126. The minimum atomic E-state index is -2.63. The summed E-state index contributed by atoms with van der Waals surface area (Å²) in [6.45, 7) is 0.193. The van der Waals surface area contributed by atoms with Crippen LogP contribution in [0.5, 0.6) is 0 Å². The molecule has 2 N–H and O–H groups in total. The first-order valence-corrected chi connectivity index (χ1v) is 12.9. The van der Waals surface area contributed by atoms with Crippen LogP contribution >= 0.6 is 22.9 Å². The Bertz CT molecular complexity index is 1080. The van der Waals surface area contributed by atoms with Crippen LogP contribution in [0.25, 0.3) is 0 Å². The first-order chi connectivity index (χ1) is 17.3. The molecule has 1 atom stereocenters. The molecule has 3 amide bonds. The molecule has 1 saturated heterocycles. The van der Waals surface area contributed by atoms with Crippen LogP contribution in [0.3, 0.4) is 0 Å². The lowest BCUT2D eigenvalue weighted by atomic mass is 9.90. The average Bonchev–Trinajstić information content (AvgIpc) is 3.25. The van der Waals surface area contributed by atoms with Crippen LogP contribution in [0.2, 0.25) is 4.34 Å². The number of nitrogens with zero attached hydrogens (tertiary/aromatic N) is 2. The van der Waals surface area contributed by atoms with Crippen LogP contribution in [-0.4, -0.2) is 74.0 Å². The number of morpholine rings is 1. The number of alkyl halides is 2. The van der Waals surface area contributed by atoms with Crippen molar-refractivity contribution in [1.82, 2.24) is 10.2 Å². The molecule has 0 bridgehead atoms. The van der Waals surface area contributed by atoms with Crippen molar-refractivity contribution < 1.29 is 27.9 Å². The maximum atomic E-state index is 13.5. The van der Waals surface area contributed by atoms with Gasteiger partial charge in [0.25, 0.3) is 18.2 Å². The zero-order valence-corrected chi connectivity index (χ0v) is 21.0. The van der Waals surface area contributed by atoms with E-state index in [0.717, 1.165) is 17.8 Å². The Morgan fingerprint density at radius 1 is 1.19 bits per heavy atom. The smallest absolute Gasteiger partial charge is 0.261 e. The van der Waals surface area contributed by atoms with Gasteiger partial charge in [0.1, 0.15) is 12.6 Å². The van der Waals surface area contributed by atoms with Gasteiger partial charge in [-0.1, -0.05) is 18.0 Å². The number of hydrogen-bond acceptors (Lipinski definition) is 6. The lowest BCUT2D eigenvalue weighted by Gasteiger charge is -2.41. The summed E-state index contributed by atoms with van der Waals surface area (Å²) in [7, 11) is 0. The van der Waals surface area contributed by atoms with Gasteiger partial charge in [-0.3, -0.25) is 19.3 Å². The molecular formula is C24H27ClF2N4O4S. The molecule has 1 saturated carbocycles. The van der Waals surface area contributed by atoms with E-state index in [1.54, 1.807) is 41.3 Å². The minimum absolute atomic E-state index is 0.0186. The number of rotatable bonds is 10. The van der Waals surface area contributed by atoms with Gasteiger partial charge >= 0.3 is 0 Å². The Labute approximate surface area is 216 Å². The third-order valence-corrected chi connectivity index (χ3v) is 7.51.